The number of fused-ring (bicyclic) bond motifs is 1. The Morgan fingerprint density at radius 1 is 1.14 bits per heavy atom. The topological polar surface area (TPSA) is 47.8 Å². The van der Waals surface area contributed by atoms with Gasteiger partial charge in [0.2, 0.25) is 0 Å². The number of hydrogen-bond donors (Lipinski definition) is 0. The van der Waals surface area contributed by atoms with Gasteiger partial charge in [-0.3, -0.25) is 4.79 Å². The number of Topliss-reactive ketones (excluding diaryl/α,β-unsaturated/α-hetero) is 1. The first kappa shape index (κ1) is 12.5. The molecule has 0 N–H and O–H groups in total. The lowest BCUT2D eigenvalue weighted by atomic mass is 10.0. The van der Waals surface area contributed by atoms with Crippen molar-refractivity contribution in [3.05, 3.63) is 53.3 Å². The summed E-state index contributed by atoms with van der Waals surface area (Å²) < 4.78 is 1.83. The molecule has 104 valence electrons. The summed E-state index contributed by atoms with van der Waals surface area (Å²) in [7, 11) is 0. The van der Waals surface area contributed by atoms with Crippen LogP contribution in [0.25, 0.3) is 16.3 Å². The molecule has 0 saturated carbocycles. The number of rotatable bonds is 2. The Bertz CT molecular complexity index is 804. The Morgan fingerprint density at radius 3 is 2.81 bits per heavy atom. The lowest BCUT2D eigenvalue weighted by molar-refractivity contribution is 0.0976. The number of aromatic nitrogens is 3. The van der Waals surface area contributed by atoms with Crippen LogP contribution < -0.4 is 0 Å². The second kappa shape index (κ2) is 4.93. The molecule has 21 heavy (non-hydrogen) atoms. The molecule has 0 bridgehead atoms. The highest BCUT2D eigenvalue weighted by Gasteiger charge is 2.23. The van der Waals surface area contributed by atoms with Crippen LogP contribution in [-0.2, 0) is 6.42 Å². The molecule has 3 aromatic rings. The maximum absolute atomic E-state index is 11.9. The molecule has 0 atom stereocenters. The van der Waals surface area contributed by atoms with Gasteiger partial charge in [0.15, 0.2) is 5.78 Å². The summed E-state index contributed by atoms with van der Waals surface area (Å²) in [5.41, 5.74) is 2.94. The van der Waals surface area contributed by atoms with E-state index in [-0.39, 0.29) is 5.78 Å². The predicted octanol–water partition coefficient (Wildman–Crippen LogP) is 3.51. The molecule has 2 heterocycles. The van der Waals surface area contributed by atoms with Crippen molar-refractivity contribution in [3.8, 4) is 16.3 Å². The van der Waals surface area contributed by atoms with E-state index >= 15 is 0 Å². The van der Waals surface area contributed by atoms with Crippen LogP contribution in [0.1, 0.15) is 28.2 Å². The number of para-hydroxylation sites is 1. The van der Waals surface area contributed by atoms with Gasteiger partial charge in [0, 0.05) is 18.2 Å². The standard InChI is InChI=1S/C16H13N3OS/c20-14-8-4-7-13-15(14)21-16(18-13)11-9-17-19(10-11)12-5-2-1-3-6-12/h1-3,5-6,9-10H,4,7-8H2. The fourth-order valence-electron chi connectivity index (χ4n) is 2.55. The molecule has 1 aliphatic rings. The van der Waals surface area contributed by atoms with Crippen LogP contribution in [0.3, 0.4) is 0 Å². The number of carbonyl (C=O) groups is 1. The number of ketones is 1. The van der Waals surface area contributed by atoms with E-state index < -0.39 is 0 Å². The van der Waals surface area contributed by atoms with E-state index in [0.29, 0.717) is 6.42 Å². The van der Waals surface area contributed by atoms with Crippen molar-refractivity contribution in [2.24, 2.45) is 0 Å². The summed E-state index contributed by atoms with van der Waals surface area (Å²) in [4.78, 5) is 17.4. The normalized spacial score (nSPS) is 14.2. The molecular formula is C16H13N3OS. The highest BCUT2D eigenvalue weighted by atomic mass is 32.1. The van der Waals surface area contributed by atoms with Gasteiger partial charge in [-0.25, -0.2) is 9.67 Å². The Morgan fingerprint density at radius 2 is 2.00 bits per heavy atom. The number of aryl methyl sites for hydroxylation is 1. The molecule has 1 aliphatic carbocycles. The number of carbonyl (C=O) groups excluding carboxylic acids is 1. The highest BCUT2D eigenvalue weighted by Crippen LogP contribution is 2.32. The van der Waals surface area contributed by atoms with Gasteiger partial charge in [-0.15, -0.1) is 11.3 Å². The summed E-state index contributed by atoms with van der Waals surface area (Å²) in [6.07, 6.45) is 6.24. The minimum atomic E-state index is 0.232. The van der Waals surface area contributed by atoms with Crippen molar-refractivity contribution in [3.63, 3.8) is 0 Å². The number of hydrogen-bond acceptors (Lipinski definition) is 4. The van der Waals surface area contributed by atoms with Crippen molar-refractivity contribution < 1.29 is 4.79 Å². The second-order valence-electron chi connectivity index (χ2n) is 5.08. The maximum atomic E-state index is 11.9. The molecule has 0 fully saturated rings. The number of nitrogens with zero attached hydrogens (tertiary/aromatic N) is 3. The SMILES string of the molecule is O=C1CCCc2nc(-c3cnn(-c4ccccc4)c3)sc21. The van der Waals surface area contributed by atoms with E-state index in [9.17, 15) is 4.79 Å². The average molecular weight is 295 g/mol. The molecule has 4 rings (SSSR count). The van der Waals surface area contributed by atoms with E-state index in [4.69, 9.17) is 0 Å². The molecule has 5 heteroatoms. The smallest absolute Gasteiger partial charge is 0.174 e. The molecule has 0 unspecified atom stereocenters. The van der Waals surface area contributed by atoms with Crippen LogP contribution in [0.15, 0.2) is 42.7 Å². The molecule has 0 radical (unpaired) electrons. The van der Waals surface area contributed by atoms with Crippen LogP contribution in [0.4, 0.5) is 0 Å². The Hall–Kier alpha value is -2.27. The van der Waals surface area contributed by atoms with Gasteiger partial charge in [0.25, 0.3) is 0 Å². The molecule has 0 amide bonds. The molecule has 2 aromatic heterocycles. The van der Waals surface area contributed by atoms with Crippen LogP contribution >= 0.6 is 11.3 Å². The van der Waals surface area contributed by atoms with Gasteiger partial charge in [0.1, 0.15) is 5.01 Å². The van der Waals surface area contributed by atoms with E-state index in [2.05, 4.69) is 10.1 Å². The van der Waals surface area contributed by atoms with Crippen molar-refractivity contribution in [2.45, 2.75) is 19.3 Å². The Labute approximate surface area is 126 Å². The summed E-state index contributed by atoms with van der Waals surface area (Å²) >= 11 is 1.49. The van der Waals surface area contributed by atoms with E-state index in [0.717, 1.165) is 39.7 Å². The molecule has 0 spiro atoms. The molecular weight excluding hydrogens is 282 g/mol. The van der Waals surface area contributed by atoms with E-state index in [1.54, 1.807) is 0 Å². The third-order valence-corrected chi connectivity index (χ3v) is 4.81. The zero-order chi connectivity index (χ0) is 14.2. The first-order valence-electron chi connectivity index (χ1n) is 6.94. The lowest BCUT2D eigenvalue weighted by Gasteiger charge is -2.06. The van der Waals surface area contributed by atoms with Crippen molar-refractivity contribution >= 4 is 17.1 Å². The van der Waals surface area contributed by atoms with Gasteiger partial charge in [-0.2, -0.15) is 5.10 Å². The molecule has 1 aromatic carbocycles. The maximum Gasteiger partial charge on any atom is 0.174 e. The summed E-state index contributed by atoms with van der Waals surface area (Å²) in [5, 5.41) is 5.27. The van der Waals surface area contributed by atoms with Crippen molar-refractivity contribution in [1.29, 1.82) is 0 Å². The third-order valence-electron chi connectivity index (χ3n) is 3.62. The van der Waals surface area contributed by atoms with Crippen LogP contribution in [0, 0.1) is 0 Å². The average Bonchev–Trinajstić information content (AvgIpc) is 3.15. The summed E-state index contributed by atoms with van der Waals surface area (Å²) in [5.74, 6) is 0.232. The number of thiazole rings is 1. The molecule has 4 nitrogen and oxygen atoms in total. The molecule has 0 saturated heterocycles. The van der Waals surface area contributed by atoms with Crippen LogP contribution in [0.5, 0.6) is 0 Å². The minimum absolute atomic E-state index is 0.232. The minimum Gasteiger partial charge on any atom is -0.293 e. The monoisotopic (exact) mass is 295 g/mol. The zero-order valence-corrected chi connectivity index (χ0v) is 12.1. The summed E-state index contributed by atoms with van der Waals surface area (Å²) in [6.45, 7) is 0. The van der Waals surface area contributed by atoms with Gasteiger partial charge < -0.3 is 0 Å². The van der Waals surface area contributed by atoms with Crippen molar-refractivity contribution in [2.75, 3.05) is 0 Å². The van der Waals surface area contributed by atoms with Crippen molar-refractivity contribution in [1.82, 2.24) is 14.8 Å². The second-order valence-corrected chi connectivity index (χ2v) is 6.08. The molecule has 0 aliphatic heterocycles. The quantitative estimate of drug-likeness (QED) is 0.727. The Balaban J connectivity index is 1.72. The Kier molecular flexibility index (Phi) is 2.93. The van der Waals surface area contributed by atoms with Gasteiger partial charge in [-0.1, -0.05) is 18.2 Å². The van der Waals surface area contributed by atoms with Crippen LogP contribution in [0.2, 0.25) is 0 Å². The third kappa shape index (κ3) is 2.19. The van der Waals surface area contributed by atoms with E-state index in [1.165, 1.54) is 11.3 Å². The largest absolute Gasteiger partial charge is 0.293 e. The zero-order valence-electron chi connectivity index (χ0n) is 11.3. The fourth-order valence-corrected chi connectivity index (χ4v) is 3.60. The van der Waals surface area contributed by atoms with Gasteiger partial charge in [0.05, 0.1) is 22.5 Å². The predicted molar refractivity (Wildman–Crippen MR) is 81.9 cm³/mol. The highest BCUT2D eigenvalue weighted by molar-refractivity contribution is 7.17. The fraction of sp³-hybridized carbons (Fsp3) is 0.188. The lowest BCUT2D eigenvalue weighted by Crippen LogP contribution is -2.07. The first-order chi connectivity index (χ1) is 10.3. The van der Waals surface area contributed by atoms with E-state index in [1.807, 2.05) is 47.4 Å². The summed E-state index contributed by atoms with van der Waals surface area (Å²) in [6, 6.07) is 9.96. The first-order valence-corrected chi connectivity index (χ1v) is 7.76. The van der Waals surface area contributed by atoms with Crippen LogP contribution in [-0.4, -0.2) is 20.5 Å². The van der Waals surface area contributed by atoms with Gasteiger partial charge in [-0.05, 0) is 25.0 Å². The van der Waals surface area contributed by atoms with Gasteiger partial charge >= 0.3 is 0 Å². The number of benzene rings is 1.